The summed E-state index contributed by atoms with van der Waals surface area (Å²) in [5.74, 6) is 0.738. The fourth-order valence-electron chi connectivity index (χ4n) is 3.17. The number of ether oxygens (including phenoxy) is 1. The van der Waals surface area contributed by atoms with Gasteiger partial charge in [0.1, 0.15) is 6.10 Å². The second kappa shape index (κ2) is 12.6. The number of fused-ring (bicyclic) bond motifs is 1. The Morgan fingerprint density at radius 1 is 1.25 bits per heavy atom. The first-order valence-corrected chi connectivity index (χ1v) is 10.5. The largest absolute Gasteiger partial charge is 0.386 e. The Hall–Kier alpha value is -0.940. The average Bonchev–Trinajstić information content (AvgIpc) is 3.15. The lowest BCUT2D eigenvalue weighted by atomic mass is 10.2. The number of hydrogen-bond acceptors (Lipinski definition) is 5. The quantitative estimate of drug-likeness (QED) is 0.217. The molecule has 0 aliphatic carbocycles. The number of rotatable bonds is 8. The number of nitrogens with one attached hydrogen (secondary N) is 2. The fourth-order valence-corrected chi connectivity index (χ4v) is 4.22. The Labute approximate surface area is 188 Å². The number of guanidine groups is 1. The molecule has 1 aliphatic rings. The minimum atomic E-state index is -0.540. The first kappa shape index (κ1) is 23.3. The molecule has 2 aromatic rings. The maximum absolute atomic E-state index is 10.5. The molecule has 1 aromatic carbocycles. The van der Waals surface area contributed by atoms with E-state index in [2.05, 4.69) is 38.7 Å². The predicted molar refractivity (Wildman–Crippen MR) is 128 cm³/mol. The van der Waals surface area contributed by atoms with Crippen LogP contribution in [0.25, 0.3) is 10.1 Å². The Bertz CT molecular complexity index is 701. The van der Waals surface area contributed by atoms with Gasteiger partial charge in [-0.05, 0) is 36.9 Å². The Morgan fingerprint density at radius 3 is 2.79 bits per heavy atom. The van der Waals surface area contributed by atoms with Gasteiger partial charge in [-0.25, -0.2) is 0 Å². The van der Waals surface area contributed by atoms with Crippen molar-refractivity contribution in [3.8, 4) is 0 Å². The molecule has 3 N–H and O–H groups in total. The maximum Gasteiger partial charge on any atom is 0.191 e. The van der Waals surface area contributed by atoms with E-state index in [0.717, 1.165) is 63.1 Å². The van der Waals surface area contributed by atoms with E-state index in [1.807, 2.05) is 12.1 Å². The van der Waals surface area contributed by atoms with E-state index in [9.17, 15) is 5.11 Å². The number of unbranched alkanes of at least 4 members (excludes halogenated alkanes) is 1. The summed E-state index contributed by atoms with van der Waals surface area (Å²) in [6, 6.07) is 10.3. The molecule has 1 aromatic heterocycles. The number of nitrogens with zero attached hydrogens (tertiary/aromatic N) is 2. The van der Waals surface area contributed by atoms with Crippen molar-refractivity contribution in [1.82, 2.24) is 15.5 Å². The first-order chi connectivity index (χ1) is 13.3. The standard InChI is InChI=1S/C20H30N4O2S.HI/c1-21-20(22-8-4-5-9-24-10-12-26-13-11-24)23-15-17(25)19-14-16-6-2-3-7-18(16)27-19;/h2-3,6-7,14,17,25H,4-5,8-13,15H2,1H3,(H2,21,22,23);1H. The molecule has 3 rings (SSSR count). The van der Waals surface area contributed by atoms with Crippen LogP contribution < -0.4 is 10.6 Å². The highest BCUT2D eigenvalue weighted by Gasteiger charge is 2.12. The van der Waals surface area contributed by atoms with Crippen LogP contribution >= 0.6 is 35.3 Å². The summed E-state index contributed by atoms with van der Waals surface area (Å²) in [5.41, 5.74) is 0. The second-order valence-corrected chi connectivity index (χ2v) is 7.86. The van der Waals surface area contributed by atoms with Crippen LogP contribution in [0.15, 0.2) is 35.3 Å². The van der Waals surface area contributed by atoms with E-state index >= 15 is 0 Å². The van der Waals surface area contributed by atoms with Crippen LogP contribution in [0.1, 0.15) is 23.8 Å². The number of aliphatic hydroxyl groups is 1. The van der Waals surface area contributed by atoms with Gasteiger partial charge in [-0.1, -0.05) is 18.2 Å². The van der Waals surface area contributed by atoms with Crippen molar-refractivity contribution in [3.05, 3.63) is 35.2 Å². The summed E-state index contributed by atoms with van der Waals surface area (Å²) in [4.78, 5) is 7.68. The van der Waals surface area contributed by atoms with Crippen molar-refractivity contribution in [3.63, 3.8) is 0 Å². The highest BCUT2D eigenvalue weighted by atomic mass is 127. The van der Waals surface area contributed by atoms with Gasteiger partial charge in [-0.15, -0.1) is 35.3 Å². The SMILES string of the molecule is CN=C(NCCCCN1CCOCC1)NCC(O)c1cc2ccccc2s1.I. The van der Waals surface area contributed by atoms with Crippen molar-refractivity contribution in [2.75, 3.05) is 53.0 Å². The van der Waals surface area contributed by atoms with Gasteiger partial charge < -0.3 is 20.5 Å². The van der Waals surface area contributed by atoms with Gasteiger partial charge in [0.2, 0.25) is 0 Å². The molecule has 6 nitrogen and oxygen atoms in total. The Morgan fingerprint density at radius 2 is 2.04 bits per heavy atom. The van der Waals surface area contributed by atoms with Crippen LogP contribution in [-0.4, -0.2) is 69.0 Å². The monoisotopic (exact) mass is 518 g/mol. The molecule has 0 radical (unpaired) electrons. The van der Waals surface area contributed by atoms with Crippen molar-refractivity contribution in [1.29, 1.82) is 0 Å². The molecule has 1 fully saturated rings. The van der Waals surface area contributed by atoms with E-state index < -0.39 is 6.10 Å². The molecule has 1 atom stereocenters. The fraction of sp³-hybridized carbons (Fsp3) is 0.550. The molecule has 156 valence electrons. The molecular weight excluding hydrogens is 487 g/mol. The number of thiophene rings is 1. The highest BCUT2D eigenvalue weighted by Crippen LogP contribution is 2.29. The van der Waals surface area contributed by atoms with Crippen LogP contribution in [0.3, 0.4) is 0 Å². The third-order valence-corrected chi connectivity index (χ3v) is 5.97. The zero-order chi connectivity index (χ0) is 18.9. The third kappa shape index (κ3) is 7.14. The van der Waals surface area contributed by atoms with Gasteiger partial charge >= 0.3 is 0 Å². The summed E-state index contributed by atoms with van der Waals surface area (Å²) in [6.45, 7) is 6.26. The molecule has 0 bridgehead atoms. The van der Waals surface area contributed by atoms with E-state index in [1.165, 1.54) is 10.1 Å². The molecule has 0 saturated carbocycles. The van der Waals surface area contributed by atoms with Crippen molar-refractivity contribution < 1.29 is 9.84 Å². The van der Waals surface area contributed by atoms with E-state index in [4.69, 9.17) is 4.74 Å². The first-order valence-electron chi connectivity index (χ1n) is 9.67. The molecule has 8 heteroatoms. The molecule has 1 saturated heterocycles. The molecular formula is C20H31IN4O2S. The normalized spacial score (nSPS) is 16.6. The topological polar surface area (TPSA) is 69.1 Å². The minimum Gasteiger partial charge on any atom is -0.386 e. The van der Waals surface area contributed by atoms with Crippen LogP contribution in [0.5, 0.6) is 0 Å². The van der Waals surface area contributed by atoms with Crippen molar-refractivity contribution in [2.24, 2.45) is 4.99 Å². The smallest absolute Gasteiger partial charge is 0.191 e. The highest BCUT2D eigenvalue weighted by molar-refractivity contribution is 14.0. The zero-order valence-corrected chi connectivity index (χ0v) is 19.5. The summed E-state index contributed by atoms with van der Waals surface area (Å²) < 4.78 is 6.57. The lowest BCUT2D eigenvalue weighted by molar-refractivity contribution is 0.0372. The summed E-state index contributed by atoms with van der Waals surface area (Å²) in [7, 11) is 1.76. The van der Waals surface area contributed by atoms with Crippen LogP contribution in [0.2, 0.25) is 0 Å². The van der Waals surface area contributed by atoms with Crippen LogP contribution in [-0.2, 0) is 4.74 Å². The van der Waals surface area contributed by atoms with Crippen LogP contribution in [0.4, 0.5) is 0 Å². The predicted octanol–water partition coefficient (Wildman–Crippen LogP) is 2.83. The second-order valence-electron chi connectivity index (χ2n) is 6.74. The van der Waals surface area contributed by atoms with Gasteiger partial charge in [-0.3, -0.25) is 9.89 Å². The lowest BCUT2D eigenvalue weighted by Gasteiger charge is -2.26. The summed E-state index contributed by atoms with van der Waals surface area (Å²) in [6.07, 6.45) is 1.72. The van der Waals surface area contributed by atoms with Crippen molar-refractivity contribution >= 4 is 51.4 Å². The number of benzene rings is 1. The summed E-state index contributed by atoms with van der Waals surface area (Å²) >= 11 is 1.64. The van der Waals surface area contributed by atoms with Gasteiger partial charge in [0.15, 0.2) is 5.96 Å². The Kier molecular flexibility index (Phi) is 10.5. The van der Waals surface area contributed by atoms with Crippen LogP contribution in [0, 0.1) is 0 Å². The van der Waals surface area contributed by atoms with Gasteiger partial charge in [0.05, 0.1) is 13.2 Å². The number of aliphatic hydroxyl groups excluding tert-OH is 1. The minimum absolute atomic E-state index is 0. The van der Waals surface area contributed by atoms with Gasteiger partial charge in [-0.2, -0.15) is 0 Å². The van der Waals surface area contributed by atoms with E-state index in [1.54, 1.807) is 18.4 Å². The number of morpholine rings is 1. The van der Waals surface area contributed by atoms with E-state index in [0.29, 0.717) is 6.54 Å². The number of halogens is 1. The molecule has 1 unspecified atom stereocenters. The molecule has 0 spiro atoms. The molecule has 0 amide bonds. The molecule has 1 aliphatic heterocycles. The van der Waals surface area contributed by atoms with E-state index in [-0.39, 0.29) is 24.0 Å². The lowest BCUT2D eigenvalue weighted by Crippen LogP contribution is -2.40. The molecule has 28 heavy (non-hydrogen) atoms. The number of hydrogen-bond donors (Lipinski definition) is 3. The maximum atomic E-state index is 10.5. The average molecular weight is 518 g/mol. The Balaban J connectivity index is 0.00000280. The zero-order valence-electron chi connectivity index (χ0n) is 16.4. The van der Waals surface area contributed by atoms with Gasteiger partial charge in [0.25, 0.3) is 0 Å². The third-order valence-electron chi connectivity index (χ3n) is 4.76. The van der Waals surface area contributed by atoms with Crippen molar-refractivity contribution in [2.45, 2.75) is 18.9 Å². The van der Waals surface area contributed by atoms with Gasteiger partial charge in [0, 0.05) is 42.8 Å². The summed E-state index contributed by atoms with van der Waals surface area (Å²) in [5, 5.41) is 18.2. The molecule has 2 heterocycles. The number of aliphatic imine (C=N–C) groups is 1.